The summed E-state index contributed by atoms with van der Waals surface area (Å²) in [7, 11) is 3.12. The molecule has 0 fully saturated rings. The summed E-state index contributed by atoms with van der Waals surface area (Å²) in [6, 6.07) is 19.1. The van der Waals surface area contributed by atoms with Crippen molar-refractivity contribution in [2.45, 2.75) is 12.5 Å². The summed E-state index contributed by atoms with van der Waals surface area (Å²) in [5.41, 5.74) is 4.78. The molecule has 0 saturated carbocycles. The predicted molar refractivity (Wildman–Crippen MR) is 118 cm³/mol. The molecule has 5 nitrogen and oxygen atoms in total. The first-order valence-corrected chi connectivity index (χ1v) is 10.0. The van der Waals surface area contributed by atoms with Crippen molar-refractivity contribution in [2.75, 3.05) is 19.1 Å². The molecule has 30 heavy (non-hydrogen) atoms. The molecule has 6 heteroatoms. The van der Waals surface area contributed by atoms with Gasteiger partial charge >= 0.3 is 0 Å². The Bertz CT molecular complexity index is 1190. The van der Waals surface area contributed by atoms with Gasteiger partial charge in [-0.05, 0) is 35.4 Å². The molecule has 0 bridgehead atoms. The van der Waals surface area contributed by atoms with E-state index in [0.717, 1.165) is 22.5 Å². The van der Waals surface area contributed by atoms with Crippen LogP contribution in [0.25, 0.3) is 0 Å². The van der Waals surface area contributed by atoms with Gasteiger partial charge in [0.05, 0.1) is 42.9 Å². The number of anilines is 1. The van der Waals surface area contributed by atoms with E-state index in [4.69, 9.17) is 26.1 Å². The number of benzene rings is 3. The van der Waals surface area contributed by atoms with Crippen LogP contribution in [0.4, 0.5) is 11.4 Å². The van der Waals surface area contributed by atoms with Gasteiger partial charge in [0.1, 0.15) is 0 Å². The fourth-order valence-electron chi connectivity index (χ4n) is 4.30. The topological polar surface area (TPSA) is 51.1 Å². The maximum Gasteiger partial charge on any atom is 0.263 e. The molecule has 0 aliphatic carbocycles. The van der Waals surface area contributed by atoms with Crippen LogP contribution in [0.1, 0.15) is 33.9 Å². The average Bonchev–Trinajstić information content (AvgIpc) is 2.94. The molecule has 150 valence electrons. The number of aliphatic imine (C=N–C) groups is 1. The molecule has 2 heterocycles. The Morgan fingerprint density at radius 3 is 2.57 bits per heavy atom. The molecule has 1 amide bonds. The van der Waals surface area contributed by atoms with Gasteiger partial charge in [-0.2, -0.15) is 0 Å². The SMILES string of the molecule is COc1ccc2c(c1OC)C(=O)N1c3ccc(Cl)cc3N=C(c3ccccc3)C[C@H]21. The first-order chi connectivity index (χ1) is 14.6. The minimum Gasteiger partial charge on any atom is -0.493 e. The molecular formula is C24H19ClN2O3. The minimum absolute atomic E-state index is 0.126. The summed E-state index contributed by atoms with van der Waals surface area (Å²) in [4.78, 5) is 20.4. The summed E-state index contributed by atoms with van der Waals surface area (Å²) in [6.07, 6.45) is 0.574. The van der Waals surface area contributed by atoms with E-state index in [1.165, 1.54) is 0 Å². The first-order valence-electron chi connectivity index (χ1n) is 9.63. The second kappa shape index (κ2) is 7.18. The van der Waals surface area contributed by atoms with Crippen molar-refractivity contribution in [3.63, 3.8) is 0 Å². The normalized spacial score (nSPS) is 16.9. The molecule has 3 aromatic carbocycles. The van der Waals surface area contributed by atoms with Gasteiger partial charge in [-0.1, -0.05) is 48.0 Å². The molecule has 3 aromatic rings. The molecule has 0 saturated heterocycles. The number of methoxy groups -OCH3 is 2. The molecule has 0 N–H and O–H groups in total. The number of hydrogen-bond donors (Lipinski definition) is 0. The first kappa shape index (κ1) is 18.7. The minimum atomic E-state index is -0.200. The highest BCUT2D eigenvalue weighted by Crippen LogP contribution is 2.50. The van der Waals surface area contributed by atoms with E-state index in [2.05, 4.69) is 0 Å². The van der Waals surface area contributed by atoms with E-state index in [1.54, 1.807) is 31.3 Å². The van der Waals surface area contributed by atoms with Crippen molar-refractivity contribution < 1.29 is 14.3 Å². The van der Waals surface area contributed by atoms with Crippen LogP contribution in [0.15, 0.2) is 65.7 Å². The zero-order valence-electron chi connectivity index (χ0n) is 16.6. The lowest BCUT2D eigenvalue weighted by Crippen LogP contribution is -2.28. The summed E-state index contributed by atoms with van der Waals surface area (Å²) < 4.78 is 11.0. The lowest BCUT2D eigenvalue weighted by molar-refractivity contribution is 0.0989. The van der Waals surface area contributed by atoms with Crippen LogP contribution >= 0.6 is 11.6 Å². The Labute approximate surface area is 179 Å². The molecule has 0 aromatic heterocycles. The van der Waals surface area contributed by atoms with Gasteiger partial charge in [0.15, 0.2) is 11.5 Å². The Hall–Kier alpha value is -3.31. The number of hydrogen-bond acceptors (Lipinski definition) is 4. The summed E-state index contributed by atoms with van der Waals surface area (Å²) in [5, 5.41) is 0.576. The molecule has 2 aliphatic rings. The Kier molecular flexibility index (Phi) is 4.48. The molecule has 0 spiro atoms. The number of ether oxygens (including phenoxy) is 2. The third-order valence-electron chi connectivity index (χ3n) is 5.63. The molecule has 1 atom stereocenters. The number of carbonyl (C=O) groups is 1. The summed E-state index contributed by atoms with van der Waals surface area (Å²) >= 11 is 6.27. The molecule has 5 rings (SSSR count). The van der Waals surface area contributed by atoms with Gasteiger partial charge in [0.2, 0.25) is 0 Å². The summed E-state index contributed by atoms with van der Waals surface area (Å²) in [6.45, 7) is 0. The van der Waals surface area contributed by atoms with Crippen molar-refractivity contribution in [1.29, 1.82) is 0 Å². The van der Waals surface area contributed by atoms with E-state index in [-0.39, 0.29) is 11.9 Å². The van der Waals surface area contributed by atoms with Crippen LogP contribution in [0, 0.1) is 0 Å². The highest BCUT2D eigenvalue weighted by atomic mass is 35.5. The van der Waals surface area contributed by atoms with Crippen molar-refractivity contribution >= 4 is 34.6 Å². The number of nitrogens with zero attached hydrogens (tertiary/aromatic N) is 2. The molecule has 2 aliphatic heterocycles. The second-order valence-electron chi connectivity index (χ2n) is 7.22. The van der Waals surface area contributed by atoms with E-state index in [1.807, 2.05) is 48.5 Å². The maximum absolute atomic E-state index is 13.6. The van der Waals surface area contributed by atoms with Gasteiger partial charge < -0.3 is 9.47 Å². The lowest BCUT2D eigenvalue weighted by atomic mass is 9.96. The van der Waals surface area contributed by atoms with Crippen molar-refractivity contribution in [2.24, 2.45) is 4.99 Å². The van der Waals surface area contributed by atoms with Crippen LogP contribution in [-0.4, -0.2) is 25.8 Å². The zero-order chi connectivity index (χ0) is 20.8. The Balaban J connectivity index is 1.75. The van der Waals surface area contributed by atoms with Gasteiger partial charge in [-0.3, -0.25) is 14.7 Å². The highest BCUT2D eigenvalue weighted by Gasteiger charge is 2.43. The average molecular weight is 419 g/mol. The lowest BCUT2D eigenvalue weighted by Gasteiger charge is -2.24. The van der Waals surface area contributed by atoms with Gasteiger partial charge in [0, 0.05) is 11.4 Å². The van der Waals surface area contributed by atoms with Crippen LogP contribution < -0.4 is 14.4 Å². The number of carbonyl (C=O) groups excluding carboxylic acids is 1. The van der Waals surface area contributed by atoms with Crippen molar-refractivity contribution in [3.8, 4) is 11.5 Å². The Morgan fingerprint density at radius 2 is 1.83 bits per heavy atom. The quantitative estimate of drug-likeness (QED) is 0.557. The van der Waals surface area contributed by atoms with Gasteiger partial charge in [0.25, 0.3) is 5.91 Å². The van der Waals surface area contributed by atoms with Crippen LogP contribution in [0.3, 0.4) is 0 Å². The monoisotopic (exact) mass is 418 g/mol. The van der Waals surface area contributed by atoms with Crippen LogP contribution in [0.5, 0.6) is 11.5 Å². The predicted octanol–water partition coefficient (Wildman–Crippen LogP) is 5.58. The van der Waals surface area contributed by atoms with Gasteiger partial charge in [-0.25, -0.2) is 0 Å². The fraction of sp³-hybridized carbons (Fsp3) is 0.167. The second-order valence-corrected chi connectivity index (χ2v) is 7.65. The Morgan fingerprint density at radius 1 is 1.03 bits per heavy atom. The van der Waals surface area contributed by atoms with E-state index in [9.17, 15) is 4.79 Å². The molecular weight excluding hydrogens is 400 g/mol. The fourth-order valence-corrected chi connectivity index (χ4v) is 4.46. The smallest absolute Gasteiger partial charge is 0.263 e. The standard InChI is InChI=1S/C24H19ClN2O3/c1-29-21-11-9-16-20-13-17(14-6-4-3-5-7-14)26-18-12-15(25)8-10-19(18)27(20)24(28)22(16)23(21)30-2/h3-12,20H,13H2,1-2H3/t20-/m1/s1. The van der Waals surface area contributed by atoms with Crippen molar-refractivity contribution in [3.05, 3.63) is 82.4 Å². The summed E-state index contributed by atoms with van der Waals surface area (Å²) in [5.74, 6) is 0.871. The third-order valence-corrected chi connectivity index (χ3v) is 5.86. The number of halogens is 1. The highest BCUT2D eigenvalue weighted by molar-refractivity contribution is 6.31. The zero-order valence-corrected chi connectivity index (χ0v) is 17.3. The van der Waals surface area contributed by atoms with Crippen LogP contribution in [-0.2, 0) is 0 Å². The van der Waals surface area contributed by atoms with E-state index in [0.29, 0.717) is 34.2 Å². The molecule has 0 radical (unpaired) electrons. The van der Waals surface area contributed by atoms with Crippen LogP contribution in [0.2, 0.25) is 5.02 Å². The number of amides is 1. The number of rotatable bonds is 3. The molecule has 0 unspecified atom stereocenters. The maximum atomic E-state index is 13.6. The van der Waals surface area contributed by atoms with E-state index < -0.39 is 0 Å². The van der Waals surface area contributed by atoms with Crippen molar-refractivity contribution in [1.82, 2.24) is 0 Å². The largest absolute Gasteiger partial charge is 0.493 e. The van der Waals surface area contributed by atoms with Gasteiger partial charge in [-0.15, -0.1) is 0 Å². The number of fused-ring (bicyclic) bond motifs is 5. The van der Waals surface area contributed by atoms with E-state index >= 15 is 0 Å². The third kappa shape index (κ3) is 2.77.